The van der Waals surface area contributed by atoms with Gasteiger partial charge in [0.15, 0.2) is 5.84 Å². The van der Waals surface area contributed by atoms with Gasteiger partial charge in [-0.1, -0.05) is 59.5 Å². The molecule has 0 aromatic rings. The minimum absolute atomic E-state index is 0.00491. The van der Waals surface area contributed by atoms with Crippen LogP contribution in [0.2, 0.25) is 0 Å². The Balaban J connectivity index is 5.21. The van der Waals surface area contributed by atoms with Gasteiger partial charge >= 0.3 is 0 Å². The maximum Gasteiger partial charge on any atom is 0.233 e. The van der Waals surface area contributed by atoms with Gasteiger partial charge in [0.2, 0.25) is 5.91 Å². The van der Waals surface area contributed by atoms with Crippen LogP contribution in [0.25, 0.3) is 0 Å². The van der Waals surface area contributed by atoms with Gasteiger partial charge in [-0.05, 0) is 24.2 Å². The number of hydrogen-bond donors (Lipinski definition) is 3. The molecular formula is C16H33N3O2. The summed E-state index contributed by atoms with van der Waals surface area (Å²) in [5.41, 5.74) is 4.97. The molecule has 0 fully saturated rings. The van der Waals surface area contributed by atoms with Crippen LogP contribution < -0.4 is 11.1 Å². The average molecular weight is 299 g/mol. The van der Waals surface area contributed by atoms with Gasteiger partial charge in [0, 0.05) is 6.54 Å². The summed E-state index contributed by atoms with van der Waals surface area (Å²) in [6.07, 6.45) is 2.78. The standard InChI is InChI=1S/C16H33N3O2/c1-7-9-16(10-8-2,13(17)19-21)14(20)18-11-15(5,6)12(3)4/h12,21H,7-11H2,1-6H3,(H2,17,19)(H,18,20). The molecule has 0 bridgehead atoms. The van der Waals surface area contributed by atoms with Crippen molar-refractivity contribution in [2.24, 2.45) is 27.6 Å². The molecule has 0 radical (unpaired) electrons. The SMILES string of the molecule is CCCC(CCC)(C(=O)NCC(C)(C)C(C)C)C(N)=NO. The summed E-state index contributed by atoms with van der Waals surface area (Å²) in [5.74, 6) is 0.342. The van der Waals surface area contributed by atoms with Crippen molar-refractivity contribution in [3.63, 3.8) is 0 Å². The van der Waals surface area contributed by atoms with E-state index in [-0.39, 0.29) is 17.2 Å². The molecule has 0 spiro atoms. The number of nitrogens with one attached hydrogen (secondary N) is 1. The Morgan fingerprint density at radius 3 is 2.05 bits per heavy atom. The zero-order valence-electron chi connectivity index (χ0n) is 14.5. The number of carbonyl (C=O) groups excluding carboxylic acids is 1. The molecule has 0 aliphatic carbocycles. The van der Waals surface area contributed by atoms with E-state index in [1.165, 1.54) is 0 Å². The maximum atomic E-state index is 12.7. The fourth-order valence-electron chi connectivity index (χ4n) is 2.36. The van der Waals surface area contributed by atoms with E-state index in [1.54, 1.807) is 0 Å². The number of oxime groups is 1. The molecule has 0 heterocycles. The molecule has 0 aromatic carbocycles. The van der Waals surface area contributed by atoms with Crippen molar-refractivity contribution >= 4 is 11.7 Å². The first-order chi connectivity index (χ1) is 9.67. The normalized spacial score (nSPS) is 13.6. The summed E-state index contributed by atoms with van der Waals surface area (Å²) in [5, 5.41) is 15.2. The minimum atomic E-state index is -0.898. The highest BCUT2D eigenvalue weighted by Crippen LogP contribution is 2.32. The van der Waals surface area contributed by atoms with Crippen LogP contribution in [0.15, 0.2) is 5.16 Å². The third-order valence-electron chi connectivity index (χ3n) is 4.65. The second kappa shape index (κ2) is 8.25. The summed E-state index contributed by atoms with van der Waals surface area (Å²) in [6.45, 7) is 13.1. The van der Waals surface area contributed by atoms with Gasteiger partial charge in [-0.15, -0.1) is 0 Å². The molecule has 0 atom stereocenters. The Kier molecular flexibility index (Phi) is 7.75. The van der Waals surface area contributed by atoms with Gasteiger partial charge < -0.3 is 16.3 Å². The molecule has 0 aliphatic heterocycles. The minimum Gasteiger partial charge on any atom is -0.409 e. The Morgan fingerprint density at radius 2 is 1.71 bits per heavy atom. The first-order valence-corrected chi connectivity index (χ1v) is 7.94. The first-order valence-electron chi connectivity index (χ1n) is 7.94. The van der Waals surface area contributed by atoms with Crippen molar-refractivity contribution < 1.29 is 10.0 Å². The Bertz CT molecular complexity index is 357. The van der Waals surface area contributed by atoms with E-state index in [0.717, 1.165) is 12.8 Å². The molecule has 0 aliphatic rings. The second-order valence-corrected chi connectivity index (χ2v) is 6.89. The van der Waals surface area contributed by atoms with E-state index in [9.17, 15) is 4.79 Å². The predicted octanol–water partition coefficient (Wildman–Crippen LogP) is 3.12. The summed E-state index contributed by atoms with van der Waals surface area (Å²) < 4.78 is 0. The highest BCUT2D eigenvalue weighted by Gasteiger charge is 2.42. The maximum absolute atomic E-state index is 12.7. The lowest BCUT2D eigenvalue weighted by atomic mass is 9.76. The van der Waals surface area contributed by atoms with Gasteiger partial charge in [0.05, 0.1) is 0 Å². The zero-order valence-corrected chi connectivity index (χ0v) is 14.5. The monoisotopic (exact) mass is 299 g/mol. The highest BCUT2D eigenvalue weighted by molar-refractivity contribution is 6.06. The van der Waals surface area contributed by atoms with Crippen molar-refractivity contribution in [1.82, 2.24) is 5.32 Å². The molecule has 5 heteroatoms. The van der Waals surface area contributed by atoms with Crippen LogP contribution >= 0.6 is 0 Å². The van der Waals surface area contributed by atoms with Gasteiger partial charge in [0.25, 0.3) is 0 Å². The lowest BCUT2D eigenvalue weighted by Gasteiger charge is -2.34. The molecule has 1 amide bonds. The highest BCUT2D eigenvalue weighted by atomic mass is 16.4. The summed E-state index contributed by atoms with van der Waals surface area (Å²) >= 11 is 0. The fraction of sp³-hybridized carbons (Fsp3) is 0.875. The van der Waals surface area contributed by atoms with Crippen molar-refractivity contribution in [1.29, 1.82) is 0 Å². The molecule has 21 heavy (non-hydrogen) atoms. The molecule has 5 nitrogen and oxygen atoms in total. The van der Waals surface area contributed by atoms with Crippen molar-refractivity contribution in [3.05, 3.63) is 0 Å². The summed E-state index contributed by atoms with van der Waals surface area (Å²) in [6, 6.07) is 0. The topological polar surface area (TPSA) is 87.7 Å². The van der Waals surface area contributed by atoms with E-state index in [2.05, 4.69) is 38.2 Å². The molecule has 0 saturated carbocycles. The predicted molar refractivity (Wildman–Crippen MR) is 87.3 cm³/mol. The number of rotatable bonds is 9. The van der Waals surface area contributed by atoms with Crippen LogP contribution in [0.4, 0.5) is 0 Å². The third kappa shape index (κ3) is 4.90. The summed E-state index contributed by atoms with van der Waals surface area (Å²) in [7, 11) is 0. The Labute approximate surface area is 129 Å². The van der Waals surface area contributed by atoms with Crippen molar-refractivity contribution in [2.45, 2.75) is 67.2 Å². The molecule has 4 N–H and O–H groups in total. The Morgan fingerprint density at radius 1 is 1.24 bits per heavy atom. The largest absolute Gasteiger partial charge is 0.409 e. The number of nitrogens with zero attached hydrogens (tertiary/aromatic N) is 1. The lowest BCUT2D eigenvalue weighted by molar-refractivity contribution is -0.129. The van der Waals surface area contributed by atoms with Crippen LogP contribution in [-0.2, 0) is 4.79 Å². The molecule has 0 unspecified atom stereocenters. The zero-order chi connectivity index (χ0) is 16.7. The number of nitrogens with two attached hydrogens (primary N) is 1. The van der Waals surface area contributed by atoms with Crippen LogP contribution in [0, 0.1) is 16.7 Å². The number of amidine groups is 1. The first kappa shape index (κ1) is 19.7. The van der Waals surface area contributed by atoms with Gasteiger partial charge in [-0.2, -0.15) is 0 Å². The van der Waals surface area contributed by atoms with Gasteiger partial charge in [-0.3, -0.25) is 4.79 Å². The van der Waals surface area contributed by atoms with Gasteiger partial charge in [0.1, 0.15) is 5.41 Å². The number of carbonyl (C=O) groups is 1. The third-order valence-corrected chi connectivity index (χ3v) is 4.65. The van der Waals surface area contributed by atoms with Crippen molar-refractivity contribution in [2.75, 3.05) is 6.54 Å². The van der Waals surface area contributed by atoms with Crippen molar-refractivity contribution in [3.8, 4) is 0 Å². The fourth-order valence-corrected chi connectivity index (χ4v) is 2.36. The number of hydrogen-bond acceptors (Lipinski definition) is 3. The van der Waals surface area contributed by atoms with Crippen LogP contribution in [0.1, 0.15) is 67.2 Å². The van der Waals surface area contributed by atoms with Crippen LogP contribution in [0.3, 0.4) is 0 Å². The van der Waals surface area contributed by atoms with E-state index in [0.29, 0.717) is 25.3 Å². The van der Waals surface area contributed by atoms with Crippen LogP contribution in [0.5, 0.6) is 0 Å². The van der Waals surface area contributed by atoms with E-state index >= 15 is 0 Å². The molecule has 0 saturated heterocycles. The second-order valence-electron chi connectivity index (χ2n) is 6.89. The van der Waals surface area contributed by atoms with Crippen LogP contribution in [-0.4, -0.2) is 23.5 Å². The van der Waals surface area contributed by atoms with Gasteiger partial charge in [-0.25, -0.2) is 0 Å². The van der Waals surface area contributed by atoms with E-state index < -0.39 is 5.41 Å². The molecular weight excluding hydrogens is 266 g/mol. The average Bonchev–Trinajstić information content (AvgIpc) is 2.43. The smallest absolute Gasteiger partial charge is 0.233 e. The Hall–Kier alpha value is -1.26. The van der Waals surface area contributed by atoms with E-state index in [1.807, 2.05) is 13.8 Å². The molecule has 0 aromatic heterocycles. The summed E-state index contributed by atoms with van der Waals surface area (Å²) in [4.78, 5) is 12.7. The molecule has 124 valence electrons. The van der Waals surface area contributed by atoms with E-state index in [4.69, 9.17) is 10.9 Å². The lowest BCUT2D eigenvalue weighted by Crippen LogP contribution is -2.52. The molecule has 0 rings (SSSR count). The number of amides is 1. The quantitative estimate of drug-likeness (QED) is 0.264.